The lowest BCUT2D eigenvalue weighted by Gasteiger charge is -2.21. The molecule has 1 saturated heterocycles. The quantitative estimate of drug-likeness (QED) is 0.841. The fraction of sp³-hybridized carbons (Fsp3) is 0.500. The molecule has 0 aliphatic carbocycles. The van der Waals surface area contributed by atoms with Crippen molar-refractivity contribution in [3.05, 3.63) is 35.4 Å². The highest BCUT2D eigenvalue weighted by molar-refractivity contribution is 7.92. The SMILES string of the molecule is Cc1ccc(CC(=O)C2CCCCS2(=O)=O)cc1. The predicted octanol–water partition coefficient (Wildman–Crippen LogP) is 2.07. The Labute approximate surface area is 108 Å². The van der Waals surface area contributed by atoms with Crippen LogP contribution in [0, 0.1) is 6.92 Å². The van der Waals surface area contributed by atoms with Gasteiger partial charge in [0.15, 0.2) is 15.6 Å². The highest BCUT2D eigenvalue weighted by Crippen LogP contribution is 2.21. The lowest BCUT2D eigenvalue weighted by Crippen LogP contribution is -2.36. The van der Waals surface area contributed by atoms with Crippen LogP contribution in [-0.2, 0) is 21.1 Å². The Morgan fingerprint density at radius 3 is 2.50 bits per heavy atom. The Hall–Kier alpha value is -1.16. The van der Waals surface area contributed by atoms with E-state index in [0.29, 0.717) is 12.8 Å². The summed E-state index contributed by atoms with van der Waals surface area (Å²) in [6, 6.07) is 7.67. The second-order valence-corrected chi connectivity index (χ2v) is 7.28. The molecule has 1 atom stereocenters. The molecule has 4 heteroatoms. The number of aryl methyl sites for hydroxylation is 1. The molecule has 1 heterocycles. The van der Waals surface area contributed by atoms with E-state index in [2.05, 4.69) is 0 Å². The molecule has 2 rings (SSSR count). The van der Waals surface area contributed by atoms with Crippen molar-refractivity contribution < 1.29 is 13.2 Å². The number of ketones is 1. The van der Waals surface area contributed by atoms with Gasteiger partial charge in [-0.1, -0.05) is 36.2 Å². The first-order valence-electron chi connectivity index (χ1n) is 6.29. The largest absolute Gasteiger partial charge is 0.298 e. The van der Waals surface area contributed by atoms with Gasteiger partial charge in [-0.25, -0.2) is 8.42 Å². The molecule has 0 N–H and O–H groups in total. The van der Waals surface area contributed by atoms with Gasteiger partial charge in [0.05, 0.1) is 5.75 Å². The second-order valence-electron chi connectivity index (χ2n) is 4.98. The summed E-state index contributed by atoms with van der Waals surface area (Å²) in [6.07, 6.45) is 2.25. The Bertz CT molecular complexity index is 529. The van der Waals surface area contributed by atoms with E-state index in [1.165, 1.54) is 0 Å². The number of carbonyl (C=O) groups excluding carboxylic acids is 1. The van der Waals surface area contributed by atoms with Crippen molar-refractivity contribution in [2.75, 3.05) is 5.75 Å². The normalized spacial score (nSPS) is 22.6. The molecule has 1 aromatic carbocycles. The van der Waals surface area contributed by atoms with Crippen molar-refractivity contribution in [1.82, 2.24) is 0 Å². The zero-order chi connectivity index (χ0) is 13.2. The van der Waals surface area contributed by atoms with Gasteiger partial charge in [-0.05, 0) is 25.3 Å². The molecule has 0 aromatic heterocycles. The summed E-state index contributed by atoms with van der Waals surface area (Å²) in [6.45, 7) is 1.98. The second kappa shape index (κ2) is 5.22. The summed E-state index contributed by atoms with van der Waals surface area (Å²) in [5.41, 5.74) is 2.03. The molecule has 1 aliphatic rings. The van der Waals surface area contributed by atoms with Crippen LogP contribution >= 0.6 is 0 Å². The fourth-order valence-corrected chi connectivity index (χ4v) is 4.24. The summed E-state index contributed by atoms with van der Waals surface area (Å²) in [7, 11) is -3.20. The first kappa shape index (κ1) is 13.3. The van der Waals surface area contributed by atoms with Crippen molar-refractivity contribution >= 4 is 15.6 Å². The van der Waals surface area contributed by atoms with E-state index in [4.69, 9.17) is 0 Å². The van der Waals surface area contributed by atoms with Crippen LogP contribution in [0.4, 0.5) is 0 Å². The van der Waals surface area contributed by atoms with Gasteiger partial charge < -0.3 is 0 Å². The molecule has 18 heavy (non-hydrogen) atoms. The van der Waals surface area contributed by atoms with Crippen LogP contribution < -0.4 is 0 Å². The van der Waals surface area contributed by atoms with Crippen molar-refractivity contribution in [1.29, 1.82) is 0 Å². The lowest BCUT2D eigenvalue weighted by molar-refractivity contribution is -0.118. The maximum atomic E-state index is 12.1. The third kappa shape index (κ3) is 2.99. The first-order valence-corrected chi connectivity index (χ1v) is 8.00. The third-order valence-electron chi connectivity index (χ3n) is 3.44. The molecular formula is C14H18O3S. The lowest BCUT2D eigenvalue weighted by atomic mass is 10.0. The van der Waals surface area contributed by atoms with E-state index in [1.807, 2.05) is 31.2 Å². The van der Waals surface area contributed by atoms with Crippen molar-refractivity contribution in [3.8, 4) is 0 Å². The maximum absolute atomic E-state index is 12.1. The minimum absolute atomic E-state index is 0.154. The van der Waals surface area contributed by atoms with Crippen LogP contribution in [0.1, 0.15) is 30.4 Å². The van der Waals surface area contributed by atoms with Crippen molar-refractivity contribution in [3.63, 3.8) is 0 Å². The summed E-state index contributed by atoms with van der Waals surface area (Å²) >= 11 is 0. The first-order chi connectivity index (χ1) is 8.49. The van der Waals surface area contributed by atoms with Gasteiger partial charge in [0, 0.05) is 6.42 Å². The van der Waals surface area contributed by atoms with Gasteiger partial charge in [0.2, 0.25) is 0 Å². The maximum Gasteiger partial charge on any atom is 0.160 e. The number of Topliss-reactive ketones (excluding diaryl/α,β-unsaturated/α-hetero) is 1. The average Bonchev–Trinajstić information content (AvgIpc) is 2.31. The Morgan fingerprint density at radius 2 is 1.89 bits per heavy atom. The molecule has 3 nitrogen and oxygen atoms in total. The summed E-state index contributed by atoms with van der Waals surface area (Å²) in [5, 5.41) is -0.771. The molecule has 0 spiro atoms. The zero-order valence-electron chi connectivity index (χ0n) is 10.6. The van der Waals surface area contributed by atoms with Crippen LogP contribution in [0.25, 0.3) is 0 Å². The number of sulfone groups is 1. The minimum atomic E-state index is -3.20. The number of hydrogen-bond acceptors (Lipinski definition) is 3. The van der Waals surface area contributed by atoms with Crippen molar-refractivity contribution in [2.45, 2.75) is 37.9 Å². The Morgan fingerprint density at radius 1 is 1.22 bits per heavy atom. The van der Waals surface area contributed by atoms with E-state index in [-0.39, 0.29) is 18.0 Å². The van der Waals surface area contributed by atoms with E-state index in [1.54, 1.807) is 0 Å². The monoisotopic (exact) mass is 266 g/mol. The summed E-state index contributed by atoms with van der Waals surface area (Å²) in [4.78, 5) is 12.1. The number of hydrogen-bond donors (Lipinski definition) is 0. The minimum Gasteiger partial charge on any atom is -0.298 e. The van der Waals surface area contributed by atoms with Gasteiger partial charge >= 0.3 is 0 Å². The van der Waals surface area contributed by atoms with Crippen LogP contribution in [0.5, 0.6) is 0 Å². The molecular weight excluding hydrogens is 248 g/mol. The van der Waals surface area contributed by atoms with Gasteiger partial charge in [-0.2, -0.15) is 0 Å². The topological polar surface area (TPSA) is 51.2 Å². The molecule has 0 amide bonds. The third-order valence-corrected chi connectivity index (χ3v) is 5.66. The van der Waals surface area contributed by atoms with Crippen LogP contribution in [0.2, 0.25) is 0 Å². The molecule has 98 valence electrons. The number of rotatable bonds is 3. The van der Waals surface area contributed by atoms with Gasteiger partial charge in [-0.15, -0.1) is 0 Å². The van der Waals surface area contributed by atoms with E-state index in [9.17, 15) is 13.2 Å². The van der Waals surface area contributed by atoms with E-state index in [0.717, 1.165) is 17.5 Å². The van der Waals surface area contributed by atoms with Gasteiger partial charge in [0.25, 0.3) is 0 Å². The van der Waals surface area contributed by atoms with E-state index < -0.39 is 15.1 Å². The molecule has 0 radical (unpaired) electrons. The fourth-order valence-electron chi connectivity index (χ4n) is 2.34. The van der Waals surface area contributed by atoms with Gasteiger partial charge in [0.1, 0.15) is 5.25 Å². The summed E-state index contributed by atoms with van der Waals surface area (Å²) in [5.74, 6) is 0.00988. The highest BCUT2D eigenvalue weighted by atomic mass is 32.2. The molecule has 0 bridgehead atoms. The smallest absolute Gasteiger partial charge is 0.160 e. The van der Waals surface area contributed by atoms with Crippen LogP contribution in [0.15, 0.2) is 24.3 Å². The standard InChI is InChI=1S/C14H18O3S/c1-11-5-7-12(8-6-11)10-13(15)14-4-2-3-9-18(14,16)17/h5-8,14H,2-4,9-10H2,1H3. The average molecular weight is 266 g/mol. The molecule has 0 saturated carbocycles. The van der Waals surface area contributed by atoms with Crippen molar-refractivity contribution in [2.24, 2.45) is 0 Å². The molecule has 1 fully saturated rings. The summed E-state index contributed by atoms with van der Waals surface area (Å²) < 4.78 is 23.7. The Balaban J connectivity index is 2.10. The molecule has 1 unspecified atom stereocenters. The van der Waals surface area contributed by atoms with Gasteiger partial charge in [-0.3, -0.25) is 4.79 Å². The van der Waals surface area contributed by atoms with Crippen LogP contribution in [0.3, 0.4) is 0 Å². The molecule has 1 aromatic rings. The highest BCUT2D eigenvalue weighted by Gasteiger charge is 2.34. The Kier molecular flexibility index (Phi) is 3.85. The number of benzene rings is 1. The zero-order valence-corrected chi connectivity index (χ0v) is 11.4. The van der Waals surface area contributed by atoms with E-state index >= 15 is 0 Å². The van der Waals surface area contributed by atoms with Crippen LogP contribution in [-0.4, -0.2) is 25.2 Å². The predicted molar refractivity (Wildman–Crippen MR) is 71.3 cm³/mol. The molecule has 1 aliphatic heterocycles. The number of carbonyl (C=O) groups is 1.